The van der Waals surface area contributed by atoms with Crippen LogP contribution in [0.1, 0.15) is 31.2 Å². The van der Waals surface area contributed by atoms with Gasteiger partial charge in [-0.15, -0.1) is 0 Å². The normalized spacial score (nSPS) is 20.0. The summed E-state index contributed by atoms with van der Waals surface area (Å²) in [6, 6.07) is 4.85. The fourth-order valence-electron chi connectivity index (χ4n) is 2.73. The number of rotatable bonds is 4. The highest BCUT2D eigenvalue weighted by Gasteiger charge is 2.48. The van der Waals surface area contributed by atoms with E-state index in [1.165, 1.54) is 6.07 Å². The molecule has 0 radical (unpaired) electrons. The third-order valence-electron chi connectivity index (χ3n) is 4.18. The summed E-state index contributed by atoms with van der Waals surface area (Å²) in [6.45, 7) is 0.889. The van der Waals surface area contributed by atoms with Crippen molar-refractivity contribution in [1.82, 2.24) is 0 Å². The van der Waals surface area contributed by atoms with Gasteiger partial charge in [0, 0.05) is 12.2 Å². The molecular weight excluding hydrogens is 292 g/mol. The van der Waals surface area contributed by atoms with Gasteiger partial charge in [0.25, 0.3) is 16.0 Å². The van der Waals surface area contributed by atoms with Crippen LogP contribution in [-0.2, 0) is 25.5 Å². The summed E-state index contributed by atoms with van der Waals surface area (Å²) in [6.07, 6.45) is 3.24. The van der Waals surface area contributed by atoms with Crippen molar-refractivity contribution in [2.75, 3.05) is 11.9 Å². The number of aryl methyl sites for hydroxylation is 1. The van der Waals surface area contributed by atoms with E-state index >= 15 is 0 Å². The van der Waals surface area contributed by atoms with Gasteiger partial charge in [0.2, 0.25) is 0 Å². The van der Waals surface area contributed by atoms with Crippen LogP contribution in [0.2, 0.25) is 0 Å². The molecule has 1 heterocycles. The first-order chi connectivity index (χ1) is 9.93. The minimum Gasteiger partial charge on any atom is -0.385 e. The molecule has 0 saturated heterocycles. The van der Waals surface area contributed by atoms with Gasteiger partial charge >= 0.3 is 0 Å². The van der Waals surface area contributed by atoms with E-state index in [2.05, 4.69) is 5.32 Å². The highest BCUT2D eigenvalue weighted by molar-refractivity contribution is 7.86. The molecule has 0 bridgehead atoms. The summed E-state index contributed by atoms with van der Waals surface area (Å²) in [5.74, 6) is -0.711. The molecule has 21 heavy (non-hydrogen) atoms. The predicted molar refractivity (Wildman–Crippen MR) is 77.3 cm³/mol. The number of carbonyl (C=O) groups excluding carboxylic acids is 1. The Bertz CT molecular complexity index is 680. The van der Waals surface area contributed by atoms with Crippen molar-refractivity contribution in [3.8, 4) is 0 Å². The Labute approximate surface area is 123 Å². The number of nitrogens with two attached hydrogens (primary N) is 1. The van der Waals surface area contributed by atoms with Gasteiger partial charge in [-0.25, -0.2) is 4.18 Å². The third kappa shape index (κ3) is 2.51. The molecule has 1 aromatic rings. The van der Waals surface area contributed by atoms with Crippen LogP contribution < -0.4 is 11.1 Å². The van der Waals surface area contributed by atoms with Crippen molar-refractivity contribution in [3.63, 3.8) is 0 Å². The first kappa shape index (κ1) is 14.3. The zero-order chi connectivity index (χ0) is 15.1. The lowest BCUT2D eigenvalue weighted by Gasteiger charge is -2.37. The van der Waals surface area contributed by atoms with Gasteiger partial charge < -0.3 is 11.1 Å². The molecule has 0 atom stereocenters. The third-order valence-corrected chi connectivity index (χ3v) is 5.55. The van der Waals surface area contributed by atoms with Crippen molar-refractivity contribution < 1.29 is 17.4 Å². The van der Waals surface area contributed by atoms with E-state index in [1.807, 2.05) is 0 Å². The van der Waals surface area contributed by atoms with Gasteiger partial charge in [-0.1, -0.05) is 0 Å². The van der Waals surface area contributed by atoms with Crippen LogP contribution >= 0.6 is 0 Å². The maximum absolute atomic E-state index is 12.4. The van der Waals surface area contributed by atoms with E-state index in [0.29, 0.717) is 12.8 Å². The number of anilines is 1. The smallest absolute Gasteiger partial charge is 0.298 e. The molecule has 3 rings (SSSR count). The number of nitrogens with one attached hydrogen (secondary N) is 1. The number of carbonyl (C=O) groups is 1. The number of fused-ring (bicyclic) bond motifs is 1. The van der Waals surface area contributed by atoms with E-state index in [9.17, 15) is 13.2 Å². The molecule has 0 unspecified atom stereocenters. The number of hydrogen-bond acceptors (Lipinski definition) is 5. The van der Waals surface area contributed by atoms with Gasteiger partial charge in [0.05, 0.1) is 4.90 Å². The highest BCUT2D eigenvalue weighted by Crippen LogP contribution is 2.38. The maximum Gasteiger partial charge on any atom is 0.298 e. The quantitative estimate of drug-likeness (QED) is 0.813. The number of hydrogen-bond donors (Lipinski definition) is 2. The largest absolute Gasteiger partial charge is 0.385 e. The lowest BCUT2D eigenvalue weighted by atomic mass is 9.80. The summed E-state index contributed by atoms with van der Waals surface area (Å²) in [4.78, 5) is 11.5. The molecule has 3 N–H and O–H groups in total. The van der Waals surface area contributed by atoms with Crippen LogP contribution in [0.3, 0.4) is 0 Å². The molecule has 1 aromatic carbocycles. The molecule has 1 aliphatic carbocycles. The summed E-state index contributed by atoms with van der Waals surface area (Å²) < 4.78 is 29.9. The van der Waals surface area contributed by atoms with Crippen LogP contribution in [0, 0.1) is 0 Å². The topological polar surface area (TPSA) is 98.5 Å². The molecule has 0 aromatic heterocycles. The van der Waals surface area contributed by atoms with E-state index < -0.39 is 21.6 Å². The lowest BCUT2D eigenvalue weighted by Crippen LogP contribution is -2.52. The average Bonchev–Trinajstić information content (AvgIpc) is 2.42. The number of amides is 1. The van der Waals surface area contributed by atoms with Crippen molar-refractivity contribution in [2.45, 2.75) is 42.6 Å². The monoisotopic (exact) mass is 310 g/mol. The molecule has 1 fully saturated rings. The Hall–Kier alpha value is -1.60. The van der Waals surface area contributed by atoms with E-state index in [-0.39, 0.29) is 4.90 Å². The summed E-state index contributed by atoms with van der Waals surface area (Å²) in [5.41, 5.74) is 5.84. The molecular formula is C14H18N2O4S. The molecule has 114 valence electrons. The first-order valence-corrected chi connectivity index (χ1v) is 8.46. The van der Waals surface area contributed by atoms with E-state index in [0.717, 1.165) is 37.1 Å². The Balaban J connectivity index is 1.90. The minimum atomic E-state index is -3.99. The standard InChI is InChI=1S/C14H18N2O4S/c15-13(17)14(6-2-7-14)20-21(18,19)11-4-5-12-10(9-11)3-1-8-16-12/h4-5,9,16H,1-3,6-8H2,(H2,15,17). The first-order valence-electron chi connectivity index (χ1n) is 7.05. The van der Waals surface area contributed by atoms with Crippen LogP contribution in [0.5, 0.6) is 0 Å². The van der Waals surface area contributed by atoms with E-state index in [4.69, 9.17) is 9.92 Å². The van der Waals surface area contributed by atoms with Crippen LogP contribution in [-0.4, -0.2) is 26.5 Å². The molecule has 1 amide bonds. The van der Waals surface area contributed by atoms with Gasteiger partial charge in [0.15, 0.2) is 5.60 Å². The molecule has 2 aliphatic rings. The maximum atomic E-state index is 12.4. The summed E-state index contributed by atoms with van der Waals surface area (Å²) in [7, 11) is -3.99. The molecule has 6 nitrogen and oxygen atoms in total. The van der Waals surface area contributed by atoms with Gasteiger partial charge in [-0.2, -0.15) is 8.42 Å². The molecule has 0 spiro atoms. The van der Waals surface area contributed by atoms with Crippen LogP contribution in [0.15, 0.2) is 23.1 Å². The fourth-order valence-corrected chi connectivity index (χ4v) is 4.02. The molecule has 7 heteroatoms. The Morgan fingerprint density at radius 2 is 2.05 bits per heavy atom. The zero-order valence-corrected chi connectivity index (χ0v) is 12.4. The molecule has 1 saturated carbocycles. The predicted octanol–water partition coefficient (Wildman–Crippen LogP) is 1.16. The van der Waals surface area contributed by atoms with Gasteiger partial charge in [-0.05, 0) is 55.9 Å². The van der Waals surface area contributed by atoms with Crippen molar-refractivity contribution in [3.05, 3.63) is 23.8 Å². The second-order valence-electron chi connectivity index (χ2n) is 5.60. The van der Waals surface area contributed by atoms with Crippen LogP contribution in [0.25, 0.3) is 0 Å². The summed E-state index contributed by atoms with van der Waals surface area (Å²) in [5, 5.41) is 3.22. The number of benzene rings is 1. The highest BCUT2D eigenvalue weighted by atomic mass is 32.2. The van der Waals surface area contributed by atoms with Crippen LogP contribution in [0.4, 0.5) is 5.69 Å². The SMILES string of the molecule is NC(=O)C1(OS(=O)(=O)c2ccc3c(c2)CCCN3)CCC1. The molecule has 1 aliphatic heterocycles. The Morgan fingerprint density at radius 1 is 1.29 bits per heavy atom. The van der Waals surface area contributed by atoms with Crippen molar-refractivity contribution in [1.29, 1.82) is 0 Å². The minimum absolute atomic E-state index is 0.0810. The van der Waals surface area contributed by atoms with E-state index in [1.54, 1.807) is 12.1 Å². The second kappa shape index (κ2) is 4.99. The van der Waals surface area contributed by atoms with Gasteiger partial charge in [0.1, 0.15) is 0 Å². The Kier molecular flexibility index (Phi) is 3.41. The second-order valence-corrected chi connectivity index (χ2v) is 7.15. The van der Waals surface area contributed by atoms with Crippen molar-refractivity contribution >= 4 is 21.7 Å². The van der Waals surface area contributed by atoms with Crippen molar-refractivity contribution in [2.24, 2.45) is 5.73 Å². The zero-order valence-electron chi connectivity index (χ0n) is 11.6. The summed E-state index contributed by atoms with van der Waals surface area (Å²) >= 11 is 0. The number of primary amides is 1. The van der Waals surface area contributed by atoms with Gasteiger partial charge in [-0.3, -0.25) is 4.79 Å². The average molecular weight is 310 g/mol. The fraction of sp³-hybridized carbons (Fsp3) is 0.500. The Morgan fingerprint density at radius 3 is 2.67 bits per heavy atom. The lowest BCUT2D eigenvalue weighted by molar-refractivity contribution is -0.140.